The van der Waals surface area contributed by atoms with Gasteiger partial charge in [0.15, 0.2) is 0 Å². The van der Waals surface area contributed by atoms with E-state index in [4.69, 9.17) is 0 Å². The summed E-state index contributed by atoms with van der Waals surface area (Å²) in [5.74, 6) is -0.131. The number of hydrogen-bond donors (Lipinski definition) is 1. The number of benzene rings is 1. The first kappa shape index (κ1) is 16.0. The number of rotatable bonds is 3. The number of nitrogens with zero attached hydrogens (tertiary/aromatic N) is 2. The molecule has 2 aliphatic carbocycles. The Labute approximate surface area is 148 Å². The second kappa shape index (κ2) is 6.76. The van der Waals surface area contributed by atoms with E-state index in [1.807, 2.05) is 10.8 Å². The van der Waals surface area contributed by atoms with Gasteiger partial charge in [0.05, 0.1) is 5.56 Å². The fourth-order valence-electron chi connectivity index (χ4n) is 4.18. The maximum absolute atomic E-state index is 12.9. The van der Waals surface area contributed by atoms with Gasteiger partial charge in [0, 0.05) is 17.9 Å². The molecule has 0 aliphatic heterocycles. The molecule has 1 N–H and O–H groups in total. The molecule has 0 radical (unpaired) electrons. The van der Waals surface area contributed by atoms with E-state index in [-0.39, 0.29) is 11.9 Å². The molecule has 1 aromatic carbocycles. The van der Waals surface area contributed by atoms with Gasteiger partial charge >= 0.3 is 0 Å². The molecule has 25 heavy (non-hydrogen) atoms. The summed E-state index contributed by atoms with van der Waals surface area (Å²) in [6.07, 6.45) is 10.9. The quantitative estimate of drug-likeness (QED) is 0.926. The molecule has 2 aromatic rings. The van der Waals surface area contributed by atoms with Crippen LogP contribution in [0.25, 0.3) is 5.69 Å². The summed E-state index contributed by atoms with van der Waals surface area (Å²) in [4.78, 5) is 12.9. The van der Waals surface area contributed by atoms with Crippen molar-refractivity contribution in [1.29, 1.82) is 5.26 Å². The van der Waals surface area contributed by atoms with Crippen LogP contribution >= 0.6 is 0 Å². The lowest BCUT2D eigenvalue weighted by Crippen LogP contribution is -2.37. The van der Waals surface area contributed by atoms with E-state index in [2.05, 4.69) is 29.6 Å². The molecule has 0 saturated heterocycles. The van der Waals surface area contributed by atoms with Crippen LogP contribution in [0.2, 0.25) is 0 Å². The third-order valence-corrected chi connectivity index (χ3v) is 5.52. The van der Waals surface area contributed by atoms with E-state index in [1.54, 1.807) is 6.07 Å². The van der Waals surface area contributed by atoms with Crippen LogP contribution in [0.5, 0.6) is 0 Å². The minimum Gasteiger partial charge on any atom is -0.348 e. The fraction of sp³-hybridized carbons (Fsp3) is 0.429. The molecule has 1 fully saturated rings. The molecule has 0 atom stereocenters. The Morgan fingerprint density at radius 1 is 1.08 bits per heavy atom. The van der Waals surface area contributed by atoms with Gasteiger partial charge in [-0.1, -0.05) is 25.3 Å². The van der Waals surface area contributed by atoms with E-state index in [0.717, 1.165) is 31.4 Å². The van der Waals surface area contributed by atoms with Crippen molar-refractivity contribution in [3.8, 4) is 11.8 Å². The zero-order valence-electron chi connectivity index (χ0n) is 14.4. The Kier molecular flexibility index (Phi) is 4.31. The molecule has 128 valence electrons. The topological polar surface area (TPSA) is 57.8 Å². The van der Waals surface area contributed by atoms with Crippen LogP contribution in [0.15, 0.2) is 30.5 Å². The monoisotopic (exact) mass is 333 g/mol. The van der Waals surface area contributed by atoms with Crippen molar-refractivity contribution in [2.45, 2.75) is 57.4 Å². The molecule has 4 nitrogen and oxygen atoms in total. The van der Waals surface area contributed by atoms with Gasteiger partial charge in [-0.3, -0.25) is 4.79 Å². The minimum absolute atomic E-state index is 0.131. The Morgan fingerprint density at radius 2 is 1.88 bits per heavy atom. The van der Waals surface area contributed by atoms with Crippen molar-refractivity contribution >= 4 is 5.91 Å². The van der Waals surface area contributed by atoms with Crippen LogP contribution in [0.3, 0.4) is 0 Å². The molecular weight excluding hydrogens is 310 g/mol. The van der Waals surface area contributed by atoms with Crippen molar-refractivity contribution in [3.05, 3.63) is 52.8 Å². The second-order valence-corrected chi connectivity index (χ2v) is 7.17. The molecule has 1 aromatic heterocycles. The van der Waals surface area contributed by atoms with Gasteiger partial charge in [-0.25, -0.2) is 0 Å². The first-order valence-electron chi connectivity index (χ1n) is 9.31. The average Bonchev–Trinajstić information content (AvgIpc) is 3.28. The number of aryl methyl sites for hydroxylation is 2. The lowest BCUT2D eigenvalue weighted by atomic mass is 9.95. The van der Waals surface area contributed by atoms with Crippen molar-refractivity contribution in [3.63, 3.8) is 0 Å². The summed E-state index contributed by atoms with van der Waals surface area (Å²) in [6.45, 7) is 0. The summed E-state index contributed by atoms with van der Waals surface area (Å²) in [5.41, 5.74) is 4.64. The van der Waals surface area contributed by atoms with Crippen molar-refractivity contribution in [2.75, 3.05) is 0 Å². The molecule has 1 amide bonds. The maximum Gasteiger partial charge on any atom is 0.269 e. The number of nitriles is 1. The lowest BCUT2D eigenvalue weighted by Gasteiger charge is -2.23. The summed E-state index contributed by atoms with van der Waals surface area (Å²) >= 11 is 0. The SMILES string of the molecule is N#Cc1ccn(-c2ccc3c(c2)CCC3)c1C(=O)NC1CCCCC1. The van der Waals surface area contributed by atoms with Crippen LogP contribution in [0, 0.1) is 11.3 Å². The number of aromatic nitrogens is 1. The van der Waals surface area contributed by atoms with E-state index in [9.17, 15) is 10.1 Å². The van der Waals surface area contributed by atoms with Crippen molar-refractivity contribution < 1.29 is 4.79 Å². The number of fused-ring (bicyclic) bond motifs is 1. The molecular formula is C21H23N3O. The highest BCUT2D eigenvalue weighted by Crippen LogP contribution is 2.26. The maximum atomic E-state index is 12.9. The van der Waals surface area contributed by atoms with Gasteiger partial charge in [0.2, 0.25) is 0 Å². The summed E-state index contributed by atoms with van der Waals surface area (Å²) < 4.78 is 1.87. The Hall–Kier alpha value is -2.54. The first-order valence-corrected chi connectivity index (χ1v) is 9.31. The molecule has 0 bridgehead atoms. The van der Waals surface area contributed by atoms with Crippen molar-refractivity contribution in [2.24, 2.45) is 0 Å². The number of hydrogen-bond acceptors (Lipinski definition) is 2. The van der Waals surface area contributed by atoms with E-state index < -0.39 is 0 Å². The highest BCUT2D eigenvalue weighted by molar-refractivity contribution is 5.96. The Morgan fingerprint density at radius 3 is 2.68 bits per heavy atom. The van der Waals surface area contributed by atoms with Gasteiger partial charge in [-0.2, -0.15) is 5.26 Å². The third kappa shape index (κ3) is 3.07. The number of carbonyl (C=O) groups is 1. The molecule has 0 unspecified atom stereocenters. The highest BCUT2D eigenvalue weighted by Gasteiger charge is 2.23. The van der Waals surface area contributed by atoms with Crippen LogP contribution < -0.4 is 5.32 Å². The van der Waals surface area contributed by atoms with E-state index in [0.29, 0.717) is 11.3 Å². The van der Waals surface area contributed by atoms with E-state index in [1.165, 1.54) is 36.8 Å². The fourth-order valence-corrected chi connectivity index (χ4v) is 4.18. The summed E-state index contributed by atoms with van der Waals surface area (Å²) in [5, 5.41) is 12.6. The zero-order valence-corrected chi connectivity index (χ0v) is 14.4. The minimum atomic E-state index is -0.131. The zero-order chi connectivity index (χ0) is 17.2. The van der Waals surface area contributed by atoms with Gasteiger partial charge in [-0.15, -0.1) is 0 Å². The van der Waals surface area contributed by atoms with Crippen LogP contribution in [-0.2, 0) is 12.8 Å². The first-order chi connectivity index (χ1) is 12.3. The van der Waals surface area contributed by atoms with Crippen LogP contribution in [-0.4, -0.2) is 16.5 Å². The molecule has 0 spiro atoms. The Balaban J connectivity index is 1.66. The van der Waals surface area contributed by atoms with Gasteiger partial charge in [0.1, 0.15) is 11.8 Å². The second-order valence-electron chi connectivity index (χ2n) is 7.17. The molecule has 1 heterocycles. The molecule has 4 heteroatoms. The van der Waals surface area contributed by atoms with Crippen LogP contribution in [0.4, 0.5) is 0 Å². The predicted molar refractivity (Wildman–Crippen MR) is 96.8 cm³/mol. The number of carbonyl (C=O) groups excluding carboxylic acids is 1. The third-order valence-electron chi connectivity index (χ3n) is 5.52. The smallest absolute Gasteiger partial charge is 0.269 e. The predicted octanol–water partition coefficient (Wildman–Crippen LogP) is 3.90. The average molecular weight is 333 g/mol. The molecule has 1 saturated carbocycles. The largest absolute Gasteiger partial charge is 0.348 e. The number of nitrogens with one attached hydrogen (secondary N) is 1. The summed E-state index contributed by atoms with van der Waals surface area (Å²) in [7, 11) is 0. The van der Waals surface area contributed by atoms with Gasteiger partial charge < -0.3 is 9.88 Å². The summed E-state index contributed by atoms with van der Waals surface area (Å²) in [6, 6.07) is 10.5. The lowest BCUT2D eigenvalue weighted by molar-refractivity contribution is 0.0920. The standard InChI is InChI=1S/C21H23N3O/c22-14-17-11-12-24(19-10-9-15-5-4-6-16(15)13-19)20(17)21(25)23-18-7-2-1-3-8-18/h9-13,18H,1-8H2,(H,23,25). The van der Waals surface area contributed by atoms with Crippen molar-refractivity contribution in [1.82, 2.24) is 9.88 Å². The normalized spacial score (nSPS) is 17.1. The highest BCUT2D eigenvalue weighted by atomic mass is 16.2. The Bertz CT molecular complexity index is 837. The molecule has 2 aliphatic rings. The number of amides is 1. The van der Waals surface area contributed by atoms with Gasteiger partial charge in [0.25, 0.3) is 5.91 Å². The molecule has 4 rings (SSSR count). The van der Waals surface area contributed by atoms with Gasteiger partial charge in [-0.05, 0) is 61.4 Å². The van der Waals surface area contributed by atoms with E-state index >= 15 is 0 Å². The van der Waals surface area contributed by atoms with Crippen LogP contribution in [0.1, 0.15) is 65.7 Å².